The Morgan fingerprint density at radius 1 is 1.17 bits per heavy atom. The molecule has 0 aliphatic rings. The van der Waals surface area contributed by atoms with Gasteiger partial charge < -0.3 is 5.11 Å². The highest BCUT2D eigenvalue weighted by Crippen LogP contribution is 2.23. The largest absolute Gasteiger partial charge is 0.507 e. The number of phenols is 1. The molecule has 2 aromatic carbocycles. The Morgan fingerprint density at radius 2 is 1.89 bits per heavy atom. The summed E-state index contributed by atoms with van der Waals surface area (Å²) < 4.78 is 13.4. The lowest BCUT2D eigenvalue weighted by atomic mass is 10.1. The van der Waals surface area contributed by atoms with Gasteiger partial charge in [-0.15, -0.1) is 0 Å². The molecule has 3 heteroatoms. The number of halogens is 1. The summed E-state index contributed by atoms with van der Waals surface area (Å²) >= 11 is 0. The van der Waals surface area contributed by atoms with Crippen LogP contribution >= 0.6 is 0 Å². The van der Waals surface area contributed by atoms with Crippen LogP contribution < -0.4 is 0 Å². The molecule has 0 aliphatic carbocycles. The summed E-state index contributed by atoms with van der Waals surface area (Å²) in [5, 5.41) is 9.88. The van der Waals surface area contributed by atoms with Gasteiger partial charge in [-0.1, -0.05) is 18.2 Å². The molecule has 2 aromatic rings. The minimum Gasteiger partial charge on any atom is -0.507 e. The summed E-state index contributed by atoms with van der Waals surface area (Å²) in [6, 6.07) is 9.97. The highest BCUT2D eigenvalue weighted by Gasteiger charge is 2.04. The molecule has 0 heterocycles. The number of para-hydroxylation sites is 1. The van der Waals surface area contributed by atoms with Crippen LogP contribution in [0, 0.1) is 19.7 Å². The van der Waals surface area contributed by atoms with Gasteiger partial charge in [0, 0.05) is 11.8 Å². The molecule has 92 valence electrons. The lowest BCUT2D eigenvalue weighted by Gasteiger charge is -2.04. The standard InChI is InChI=1S/C15H14FNO/c1-10-7-11(2)15(18)12(8-10)9-17-14-6-4-3-5-13(14)16/h3-9,18H,1-2H3. The van der Waals surface area contributed by atoms with Gasteiger partial charge in [-0.2, -0.15) is 0 Å². The first kappa shape index (κ1) is 12.3. The van der Waals surface area contributed by atoms with Crippen LogP contribution in [0.5, 0.6) is 5.75 Å². The van der Waals surface area contributed by atoms with Crippen molar-refractivity contribution < 1.29 is 9.50 Å². The summed E-state index contributed by atoms with van der Waals surface area (Å²) in [6.07, 6.45) is 1.48. The smallest absolute Gasteiger partial charge is 0.148 e. The predicted octanol–water partition coefficient (Wildman–Crippen LogP) is 3.90. The molecule has 18 heavy (non-hydrogen) atoms. The number of hydrogen-bond donors (Lipinski definition) is 1. The van der Waals surface area contributed by atoms with E-state index in [-0.39, 0.29) is 17.3 Å². The van der Waals surface area contributed by atoms with Crippen LogP contribution in [0.1, 0.15) is 16.7 Å². The Balaban J connectivity index is 2.38. The molecule has 2 nitrogen and oxygen atoms in total. The third-order valence-electron chi connectivity index (χ3n) is 2.67. The van der Waals surface area contributed by atoms with Crippen molar-refractivity contribution in [2.45, 2.75) is 13.8 Å². The summed E-state index contributed by atoms with van der Waals surface area (Å²) in [7, 11) is 0. The molecular weight excluding hydrogens is 229 g/mol. The number of rotatable bonds is 2. The maximum Gasteiger partial charge on any atom is 0.148 e. The fourth-order valence-electron chi connectivity index (χ4n) is 1.79. The van der Waals surface area contributed by atoms with Gasteiger partial charge in [-0.25, -0.2) is 4.39 Å². The third kappa shape index (κ3) is 2.56. The van der Waals surface area contributed by atoms with Crippen LogP contribution in [0.3, 0.4) is 0 Å². The van der Waals surface area contributed by atoms with Crippen molar-refractivity contribution in [1.29, 1.82) is 0 Å². The Morgan fingerprint density at radius 3 is 2.61 bits per heavy atom. The van der Waals surface area contributed by atoms with Gasteiger partial charge in [-0.3, -0.25) is 4.99 Å². The topological polar surface area (TPSA) is 32.6 Å². The van der Waals surface area contributed by atoms with E-state index in [2.05, 4.69) is 4.99 Å². The second-order valence-electron chi connectivity index (χ2n) is 4.23. The van der Waals surface area contributed by atoms with Gasteiger partial charge >= 0.3 is 0 Å². The zero-order valence-electron chi connectivity index (χ0n) is 10.3. The summed E-state index contributed by atoms with van der Waals surface area (Å²) in [5.41, 5.74) is 2.66. The van der Waals surface area contributed by atoms with Crippen molar-refractivity contribution in [2.24, 2.45) is 4.99 Å². The quantitative estimate of drug-likeness (QED) is 0.797. The van der Waals surface area contributed by atoms with Crippen LogP contribution in [0.4, 0.5) is 10.1 Å². The molecule has 1 N–H and O–H groups in total. The SMILES string of the molecule is Cc1cc(C)c(O)c(C=Nc2ccccc2F)c1. The van der Waals surface area contributed by atoms with E-state index in [1.807, 2.05) is 26.0 Å². The molecule has 0 aromatic heterocycles. The Kier molecular flexibility index (Phi) is 3.42. The van der Waals surface area contributed by atoms with Crippen LogP contribution in [0.25, 0.3) is 0 Å². The molecule has 0 bridgehead atoms. The van der Waals surface area contributed by atoms with Crippen LogP contribution in [-0.2, 0) is 0 Å². The fraction of sp³-hybridized carbons (Fsp3) is 0.133. The molecule has 2 rings (SSSR count). The van der Waals surface area contributed by atoms with Gasteiger partial charge in [0.05, 0.1) is 5.69 Å². The highest BCUT2D eigenvalue weighted by atomic mass is 19.1. The molecular formula is C15H14FNO. The minimum absolute atomic E-state index is 0.181. The minimum atomic E-state index is -0.377. The molecule has 0 amide bonds. The molecule has 0 unspecified atom stereocenters. The first-order chi connectivity index (χ1) is 8.58. The zero-order valence-corrected chi connectivity index (χ0v) is 10.3. The molecule has 0 spiro atoms. The fourth-order valence-corrected chi connectivity index (χ4v) is 1.79. The molecule has 0 saturated heterocycles. The second-order valence-corrected chi connectivity index (χ2v) is 4.23. The van der Waals surface area contributed by atoms with Crippen molar-refractivity contribution >= 4 is 11.9 Å². The van der Waals surface area contributed by atoms with Crippen molar-refractivity contribution in [3.63, 3.8) is 0 Å². The van der Waals surface area contributed by atoms with E-state index < -0.39 is 0 Å². The van der Waals surface area contributed by atoms with Crippen molar-refractivity contribution in [3.8, 4) is 5.75 Å². The number of benzene rings is 2. The lowest BCUT2D eigenvalue weighted by molar-refractivity contribution is 0.470. The van der Waals surface area contributed by atoms with Crippen molar-refractivity contribution in [3.05, 3.63) is 58.9 Å². The van der Waals surface area contributed by atoms with Gasteiger partial charge in [-0.05, 0) is 43.2 Å². The Labute approximate surface area is 105 Å². The van der Waals surface area contributed by atoms with E-state index in [1.54, 1.807) is 18.2 Å². The highest BCUT2D eigenvalue weighted by molar-refractivity contribution is 5.86. The molecule has 0 atom stereocenters. The molecule has 0 aliphatic heterocycles. The monoisotopic (exact) mass is 243 g/mol. The van der Waals surface area contributed by atoms with E-state index in [0.717, 1.165) is 11.1 Å². The zero-order chi connectivity index (χ0) is 13.1. The van der Waals surface area contributed by atoms with E-state index in [1.165, 1.54) is 12.3 Å². The van der Waals surface area contributed by atoms with Gasteiger partial charge in [0.1, 0.15) is 11.6 Å². The maximum atomic E-state index is 13.4. The third-order valence-corrected chi connectivity index (χ3v) is 2.67. The molecule has 0 saturated carbocycles. The second kappa shape index (κ2) is 5.00. The van der Waals surface area contributed by atoms with E-state index >= 15 is 0 Å². The van der Waals surface area contributed by atoms with Gasteiger partial charge in [0.2, 0.25) is 0 Å². The number of aromatic hydroxyl groups is 1. The first-order valence-corrected chi connectivity index (χ1v) is 5.67. The Bertz CT molecular complexity index is 605. The number of aryl methyl sites for hydroxylation is 2. The molecule has 0 radical (unpaired) electrons. The average molecular weight is 243 g/mol. The van der Waals surface area contributed by atoms with Crippen molar-refractivity contribution in [2.75, 3.05) is 0 Å². The van der Waals surface area contributed by atoms with Crippen LogP contribution in [-0.4, -0.2) is 11.3 Å². The number of hydrogen-bond acceptors (Lipinski definition) is 2. The number of aliphatic imine (C=N–C) groups is 1. The average Bonchev–Trinajstić information content (AvgIpc) is 2.33. The van der Waals surface area contributed by atoms with Crippen molar-refractivity contribution in [1.82, 2.24) is 0 Å². The number of nitrogens with zero attached hydrogens (tertiary/aromatic N) is 1. The Hall–Kier alpha value is -2.16. The lowest BCUT2D eigenvalue weighted by Crippen LogP contribution is -1.88. The summed E-state index contributed by atoms with van der Waals surface area (Å²) in [5.74, 6) is -0.196. The van der Waals surface area contributed by atoms with E-state index in [4.69, 9.17) is 0 Å². The summed E-state index contributed by atoms with van der Waals surface area (Å²) in [6.45, 7) is 3.76. The van der Waals surface area contributed by atoms with Gasteiger partial charge in [0.25, 0.3) is 0 Å². The van der Waals surface area contributed by atoms with E-state index in [0.29, 0.717) is 5.56 Å². The van der Waals surface area contributed by atoms with E-state index in [9.17, 15) is 9.50 Å². The first-order valence-electron chi connectivity index (χ1n) is 5.67. The van der Waals surface area contributed by atoms with Gasteiger partial charge in [0.15, 0.2) is 0 Å². The van der Waals surface area contributed by atoms with Crippen LogP contribution in [0.2, 0.25) is 0 Å². The van der Waals surface area contributed by atoms with Crippen LogP contribution in [0.15, 0.2) is 41.4 Å². The number of phenolic OH excluding ortho intramolecular Hbond substituents is 1. The summed E-state index contributed by atoms with van der Waals surface area (Å²) in [4.78, 5) is 4.06. The normalized spacial score (nSPS) is 11.1. The molecule has 0 fully saturated rings. The predicted molar refractivity (Wildman–Crippen MR) is 71.2 cm³/mol. The maximum absolute atomic E-state index is 13.4.